The molecule has 0 amide bonds. The van der Waals surface area contributed by atoms with Crippen molar-refractivity contribution in [2.24, 2.45) is 0 Å². The molecule has 86 valence electrons. The second kappa shape index (κ2) is 6.06. The number of esters is 1. The maximum Gasteiger partial charge on any atom is 0.306 e. The van der Waals surface area contributed by atoms with Crippen LogP contribution in [0.1, 0.15) is 6.42 Å². The van der Waals surface area contributed by atoms with Crippen LogP contribution in [0.2, 0.25) is 0 Å². The van der Waals surface area contributed by atoms with Crippen molar-refractivity contribution in [3.8, 4) is 0 Å². The third-order valence-corrected chi connectivity index (χ3v) is 2.66. The molecular formula is C9H10N2O4S. The van der Waals surface area contributed by atoms with E-state index < -0.39 is 4.92 Å². The van der Waals surface area contributed by atoms with Crippen molar-refractivity contribution in [2.45, 2.75) is 11.4 Å². The van der Waals surface area contributed by atoms with Crippen LogP contribution in [-0.2, 0) is 9.53 Å². The molecule has 0 bridgehead atoms. The van der Waals surface area contributed by atoms with Gasteiger partial charge in [-0.3, -0.25) is 14.9 Å². The van der Waals surface area contributed by atoms with E-state index >= 15 is 0 Å². The van der Waals surface area contributed by atoms with E-state index in [0.717, 1.165) is 0 Å². The molecule has 1 aromatic heterocycles. The minimum atomic E-state index is -0.504. The lowest BCUT2D eigenvalue weighted by Crippen LogP contribution is -2.01. The van der Waals surface area contributed by atoms with Gasteiger partial charge in [-0.15, -0.1) is 11.8 Å². The first-order valence-corrected chi connectivity index (χ1v) is 5.42. The number of ether oxygens (including phenoxy) is 1. The smallest absolute Gasteiger partial charge is 0.306 e. The third kappa shape index (κ3) is 3.85. The van der Waals surface area contributed by atoms with E-state index in [1.165, 1.54) is 31.1 Å². The van der Waals surface area contributed by atoms with Crippen LogP contribution < -0.4 is 0 Å². The molecule has 0 aliphatic heterocycles. The average Bonchev–Trinajstić information content (AvgIpc) is 2.29. The van der Waals surface area contributed by atoms with Gasteiger partial charge in [-0.25, -0.2) is 4.98 Å². The number of nitrogens with zero attached hydrogens (tertiary/aromatic N) is 2. The largest absolute Gasteiger partial charge is 0.469 e. The molecule has 0 aromatic carbocycles. The Morgan fingerprint density at radius 1 is 1.62 bits per heavy atom. The molecule has 1 heterocycles. The Morgan fingerprint density at radius 2 is 2.38 bits per heavy atom. The highest BCUT2D eigenvalue weighted by molar-refractivity contribution is 7.99. The standard InChI is InChI=1S/C9H10N2O4S/c1-15-9(12)4-5-16-8-3-2-7(6-10-8)11(13)14/h2-3,6H,4-5H2,1H3. The van der Waals surface area contributed by atoms with Gasteiger partial charge in [0.05, 0.1) is 23.5 Å². The minimum Gasteiger partial charge on any atom is -0.469 e. The highest BCUT2D eigenvalue weighted by Gasteiger charge is 2.06. The summed E-state index contributed by atoms with van der Waals surface area (Å²) >= 11 is 1.35. The summed E-state index contributed by atoms with van der Waals surface area (Å²) in [5.41, 5.74) is -0.0442. The zero-order valence-corrected chi connectivity index (χ0v) is 9.40. The lowest BCUT2D eigenvalue weighted by Gasteiger charge is -1.99. The Morgan fingerprint density at radius 3 is 2.88 bits per heavy atom. The molecule has 0 radical (unpaired) electrons. The summed E-state index contributed by atoms with van der Waals surface area (Å²) in [5, 5.41) is 11.0. The van der Waals surface area contributed by atoms with Crippen molar-refractivity contribution in [3.63, 3.8) is 0 Å². The van der Waals surface area contributed by atoms with Crippen molar-refractivity contribution in [1.29, 1.82) is 0 Å². The van der Waals surface area contributed by atoms with Gasteiger partial charge in [0.15, 0.2) is 0 Å². The Balaban J connectivity index is 2.43. The van der Waals surface area contributed by atoms with E-state index in [9.17, 15) is 14.9 Å². The normalized spacial score (nSPS) is 9.81. The number of thioether (sulfide) groups is 1. The van der Waals surface area contributed by atoms with Crippen LogP contribution in [0.25, 0.3) is 0 Å². The molecule has 0 saturated carbocycles. The molecule has 1 aromatic rings. The zero-order chi connectivity index (χ0) is 12.0. The number of carbonyl (C=O) groups excluding carboxylic acids is 1. The van der Waals surface area contributed by atoms with Crippen LogP contribution in [0, 0.1) is 10.1 Å². The van der Waals surface area contributed by atoms with Crippen LogP contribution >= 0.6 is 11.8 Å². The Bertz CT molecular complexity index is 380. The minimum absolute atomic E-state index is 0.0442. The van der Waals surface area contributed by atoms with Gasteiger partial charge in [-0.1, -0.05) is 0 Å². The van der Waals surface area contributed by atoms with Crippen LogP contribution in [0.4, 0.5) is 5.69 Å². The fraction of sp³-hybridized carbons (Fsp3) is 0.333. The summed E-state index contributed by atoms with van der Waals surface area (Å²) in [5.74, 6) is 0.256. The van der Waals surface area contributed by atoms with E-state index in [1.54, 1.807) is 6.07 Å². The van der Waals surface area contributed by atoms with Gasteiger partial charge in [0.2, 0.25) is 0 Å². The van der Waals surface area contributed by atoms with Crippen molar-refractivity contribution in [2.75, 3.05) is 12.9 Å². The molecule has 16 heavy (non-hydrogen) atoms. The molecule has 0 spiro atoms. The maximum absolute atomic E-state index is 10.8. The van der Waals surface area contributed by atoms with E-state index in [0.29, 0.717) is 17.2 Å². The molecule has 1 rings (SSSR count). The summed E-state index contributed by atoms with van der Waals surface area (Å²) in [7, 11) is 1.33. The summed E-state index contributed by atoms with van der Waals surface area (Å²) in [6.45, 7) is 0. The molecule has 0 N–H and O–H groups in total. The summed E-state index contributed by atoms with van der Waals surface area (Å²) in [4.78, 5) is 24.5. The number of aromatic nitrogens is 1. The number of rotatable bonds is 5. The van der Waals surface area contributed by atoms with E-state index in [4.69, 9.17) is 0 Å². The number of carbonyl (C=O) groups is 1. The lowest BCUT2D eigenvalue weighted by atomic mass is 10.4. The molecular weight excluding hydrogens is 232 g/mol. The molecule has 0 fully saturated rings. The van der Waals surface area contributed by atoms with Crippen molar-refractivity contribution in [1.82, 2.24) is 4.98 Å². The predicted octanol–water partition coefficient (Wildman–Crippen LogP) is 1.64. The topological polar surface area (TPSA) is 82.3 Å². The Kier molecular flexibility index (Phi) is 4.71. The highest BCUT2D eigenvalue weighted by atomic mass is 32.2. The second-order valence-electron chi connectivity index (χ2n) is 2.79. The summed E-state index contributed by atoms with van der Waals surface area (Å²) in [6.07, 6.45) is 1.49. The average molecular weight is 242 g/mol. The van der Waals surface area contributed by atoms with Gasteiger partial charge >= 0.3 is 5.97 Å². The summed E-state index contributed by atoms with van der Waals surface area (Å²) in [6, 6.07) is 2.94. The predicted molar refractivity (Wildman–Crippen MR) is 58.2 cm³/mol. The molecule has 0 aliphatic rings. The van der Waals surface area contributed by atoms with Crippen LogP contribution in [0.15, 0.2) is 23.4 Å². The first kappa shape index (κ1) is 12.4. The van der Waals surface area contributed by atoms with Crippen LogP contribution in [-0.4, -0.2) is 28.7 Å². The fourth-order valence-corrected chi connectivity index (χ4v) is 1.68. The van der Waals surface area contributed by atoms with Crippen molar-refractivity contribution >= 4 is 23.4 Å². The van der Waals surface area contributed by atoms with Crippen molar-refractivity contribution in [3.05, 3.63) is 28.4 Å². The van der Waals surface area contributed by atoms with Crippen LogP contribution in [0.5, 0.6) is 0 Å². The molecule has 0 unspecified atom stereocenters. The van der Waals surface area contributed by atoms with Crippen LogP contribution in [0.3, 0.4) is 0 Å². The number of methoxy groups -OCH3 is 1. The quantitative estimate of drug-likeness (QED) is 0.338. The number of pyridine rings is 1. The van der Waals surface area contributed by atoms with Gasteiger partial charge in [-0.2, -0.15) is 0 Å². The lowest BCUT2D eigenvalue weighted by molar-refractivity contribution is -0.385. The van der Waals surface area contributed by atoms with Gasteiger partial charge in [-0.05, 0) is 6.07 Å². The third-order valence-electron chi connectivity index (χ3n) is 1.72. The first-order valence-electron chi connectivity index (χ1n) is 4.43. The molecule has 0 atom stereocenters. The van der Waals surface area contributed by atoms with Gasteiger partial charge in [0, 0.05) is 11.8 Å². The maximum atomic E-state index is 10.8. The Hall–Kier alpha value is -1.63. The molecule has 7 heteroatoms. The number of nitro groups is 1. The van der Waals surface area contributed by atoms with E-state index in [1.807, 2.05) is 0 Å². The van der Waals surface area contributed by atoms with Gasteiger partial charge in [0.25, 0.3) is 5.69 Å². The first-order chi connectivity index (χ1) is 7.63. The zero-order valence-electron chi connectivity index (χ0n) is 8.58. The molecule has 0 aliphatic carbocycles. The highest BCUT2D eigenvalue weighted by Crippen LogP contribution is 2.18. The molecule has 0 saturated heterocycles. The number of hydrogen-bond acceptors (Lipinski definition) is 6. The van der Waals surface area contributed by atoms with E-state index in [2.05, 4.69) is 9.72 Å². The number of hydrogen-bond donors (Lipinski definition) is 0. The Labute approximate surface area is 96.2 Å². The van der Waals surface area contributed by atoms with Gasteiger partial charge in [0.1, 0.15) is 6.20 Å². The fourth-order valence-electron chi connectivity index (χ4n) is 0.907. The van der Waals surface area contributed by atoms with E-state index in [-0.39, 0.29) is 11.7 Å². The van der Waals surface area contributed by atoms with Crippen molar-refractivity contribution < 1.29 is 14.5 Å². The summed E-state index contributed by atoms with van der Waals surface area (Å²) < 4.78 is 4.48. The molecule has 6 nitrogen and oxygen atoms in total. The van der Waals surface area contributed by atoms with Gasteiger partial charge < -0.3 is 4.74 Å². The second-order valence-corrected chi connectivity index (χ2v) is 3.90. The SMILES string of the molecule is COC(=O)CCSc1ccc([N+](=O)[O-])cn1. The monoisotopic (exact) mass is 242 g/mol.